The molecule has 10 heteroatoms. The third-order valence-corrected chi connectivity index (χ3v) is 8.64. The predicted molar refractivity (Wildman–Crippen MR) is 193 cm³/mol. The van der Waals surface area contributed by atoms with Gasteiger partial charge in [0.1, 0.15) is 30.9 Å². The fraction of sp³-hybridized carbons (Fsp3) is 0.375. The Morgan fingerprint density at radius 3 is 2.38 bits per heavy atom. The summed E-state index contributed by atoms with van der Waals surface area (Å²) in [7, 11) is 0. The summed E-state index contributed by atoms with van der Waals surface area (Å²) >= 11 is 0. The maximum atomic E-state index is 13.2. The van der Waals surface area contributed by atoms with Gasteiger partial charge in [-0.15, -0.1) is 6.58 Å². The zero-order valence-electron chi connectivity index (χ0n) is 29.4. The molecule has 1 heterocycles. The molecule has 0 radical (unpaired) electrons. The number of unbranched alkanes of at least 4 members (excludes halogenated alkanes) is 1. The Kier molecular flexibility index (Phi) is 13.8. The predicted octanol–water partition coefficient (Wildman–Crippen LogP) is 7.81. The van der Waals surface area contributed by atoms with Crippen LogP contribution in [0.2, 0.25) is 0 Å². The van der Waals surface area contributed by atoms with Crippen LogP contribution in [0.15, 0.2) is 121 Å². The van der Waals surface area contributed by atoms with Gasteiger partial charge in [-0.25, -0.2) is 0 Å². The molecule has 0 aliphatic carbocycles. The maximum Gasteiger partial charge on any atom is 0.323 e. The van der Waals surface area contributed by atoms with Gasteiger partial charge in [-0.2, -0.15) is 0 Å². The first-order valence-corrected chi connectivity index (χ1v) is 17.1. The number of hydrogen-bond acceptors (Lipinski definition) is 8. The van der Waals surface area contributed by atoms with Crippen molar-refractivity contribution in [2.75, 3.05) is 13.2 Å². The third-order valence-electron chi connectivity index (χ3n) is 8.64. The molecule has 2 unspecified atom stereocenters. The van der Waals surface area contributed by atoms with Crippen LogP contribution in [0.3, 0.4) is 0 Å². The van der Waals surface area contributed by atoms with Crippen molar-refractivity contribution >= 4 is 16.7 Å². The smallest absolute Gasteiger partial charge is 0.323 e. The van der Waals surface area contributed by atoms with Crippen LogP contribution in [0.5, 0.6) is 0 Å². The van der Waals surface area contributed by atoms with Crippen LogP contribution in [0, 0.1) is 0 Å². The molecule has 0 bridgehead atoms. The first-order chi connectivity index (χ1) is 24.9. The Morgan fingerprint density at radius 1 is 0.920 bits per heavy atom. The molecular weight excluding hydrogens is 632 g/mol. The van der Waals surface area contributed by atoms with Gasteiger partial charge in [0.25, 0.3) is 0 Å². The summed E-state index contributed by atoms with van der Waals surface area (Å²) in [5, 5.41) is 9.62. The van der Waals surface area contributed by atoms with Gasteiger partial charge in [-0.05, 0) is 65.2 Å². The van der Waals surface area contributed by atoms with Gasteiger partial charge in [0.15, 0.2) is 6.29 Å². The normalized spacial score (nSPS) is 21.1. The number of hydrogen-bond donors (Lipinski definition) is 1. The minimum Gasteiger partial charge on any atom is -0.460 e. The number of nitrogens with zero attached hydrogens (tertiary/aromatic N) is 3. The molecule has 262 valence electrons. The van der Waals surface area contributed by atoms with Crippen LogP contribution in [-0.2, 0) is 48.2 Å². The molecule has 1 aliphatic heterocycles. The summed E-state index contributed by atoms with van der Waals surface area (Å²) < 4.78 is 38.4. The zero-order valence-corrected chi connectivity index (χ0v) is 28.4. The van der Waals surface area contributed by atoms with Gasteiger partial charge in [0, 0.05) is 18.1 Å². The first-order valence-electron chi connectivity index (χ1n) is 17.6. The Morgan fingerprint density at radius 2 is 1.64 bits per heavy atom. The van der Waals surface area contributed by atoms with Crippen LogP contribution >= 0.6 is 0 Å². The molecular formula is C40H46N4O6. The van der Waals surface area contributed by atoms with Crippen molar-refractivity contribution in [2.24, 2.45) is 5.11 Å². The molecule has 1 aliphatic rings. The molecule has 1 saturated heterocycles. The number of esters is 1. The molecule has 50 heavy (non-hydrogen) atoms. The lowest BCUT2D eigenvalue weighted by Gasteiger charge is -2.43. The van der Waals surface area contributed by atoms with E-state index in [9.17, 15) is 10.3 Å². The molecule has 5 rings (SSSR count). The van der Waals surface area contributed by atoms with Crippen LogP contribution in [0.25, 0.3) is 21.2 Å². The van der Waals surface area contributed by atoms with Gasteiger partial charge in [0.05, 0.1) is 20.7 Å². The number of carbonyl (C=O) groups is 1. The lowest BCUT2D eigenvalue weighted by Crippen LogP contribution is -2.58. The molecule has 4 aromatic rings. The Labute approximate surface area is 295 Å². The second-order valence-electron chi connectivity index (χ2n) is 12.3. The highest BCUT2D eigenvalue weighted by Gasteiger charge is 2.46. The van der Waals surface area contributed by atoms with Crippen LogP contribution in [0.4, 0.5) is 0 Å². The number of ether oxygens (including phenoxy) is 5. The molecule has 0 aromatic heterocycles. The number of nitrogens with one attached hydrogen (secondary N) is 1. The van der Waals surface area contributed by atoms with Gasteiger partial charge >= 0.3 is 5.97 Å². The monoisotopic (exact) mass is 679 g/mol. The van der Waals surface area contributed by atoms with E-state index in [0.717, 1.165) is 27.5 Å². The summed E-state index contributed by atoms with van der Waals surface area (Å²) in [6.45, 7) is 6.76. The van der Waals surface area contributed by atoms with Crippen LogP contribution < -0.4 is 5.32 Å². The Bertz CT molecular complexity index is 1740. The molecule has 1 N–H and O–H groups in total. The first kappa shape index (κ1) is 35.3. The highest BCUT2D eigenvalue weighted by atomic mass is 16.7. The third kappa shape index (κ3) is 10.7. The maximum absolute atomic E-state index is 13.2. The molecule has 6 atom stereocenters. The quantitative estimate of drug-likeness (QED) is 0.0268. The van der Waals surface area contributed by atoms with Crippen molar-refractivity contribution in [1.29, 1.82) is 0 Å². The molecule has 0 saturated carbocycles. The number of rotatable bonds is 19. The lowest BCUT2D eigenvalue weighted by molar-refractivity contribution is -0.271. The molecule has 4 aromatic carbocycles. The van der Waals surface area contributed by atoms with Crippen molar-refractivity contribution in [3.8, 4) is 0 Å². The van der Waals surface area contributed by atoms with E-state index in [-0.39, 0.29) is 31.8 Å². The summed E-state index contributed by atoms with van der Waals surface area (Å²) in [5.74, 6) is -0.311. The van der Waals surface area contributed by atoms with E-state index < -0.39 is 36.7 Å². The van der Waals surface area contributed by atoms with Gasteiger partial charge < -0.3 is 29.0 Å². The molecule has 0 spiro atoms. The van der Waals surface area contributed by atoms with Crippen molar-refractivity contribution < 1.29 is 29.8 Å². The van der Waals surface area contributed by atoms with E-state index in [1.807, 2.05) is 85.8 Å². The number of carbonyl (C=O) groups excluding carboxylic acids is 1. The topological polar surface area (TPSA) is 124 Å². The summed E-state index contributed by atoms with van der Waals surface area (Å²) in [4.78, 5) is 16.2. The minimum absolute atomic E-state index is 0.0604. The highest BCUT2D eigenvalue weighted by Crippen LogP contribution is 2.30. The largest absolute Gasteiger partial charge is 0.460 e. The number of fused-ring (bicyclic) bond motifs is 1. The van der Waals surface area contributed by atoms with E-state index in [4.69, 9.17) is 25.1 Å². The zero-order chi connectivity index (χ0) is 35.8. The second-order valence-corrected chi connectivity index (χ2v) is 12.3. The van der Waals surface area contributed by atoms with E-state index >= 15 is 0 Å². The fourth-order valence-corrected chi connectivity index (χ4v) is 6.02. The van der Waals surface area contributed by atoms with E-state index in [2.05, 4.69) is 46.2 Å². The van der Waals surface area contributed by atoms with Crippen molar-refractivity contribution in [3.05, 3.63) is 143 Å². The van der Waals surface area contributed by atoms with E-state index in [1.54, 1.807) is 0 Å². The summed E-state index contributed by atoms with van der Waals surface area (Å²) in [6.07, 6.45) is -0.916. The van der Waals surface area contributed by atoms with Gasteiger partial charge in [0.2, 0.25) is 0 Å². The number of benzene rings is 4. The molecule has 1 fully saturated rings. The average molecular weight is 680 g/mol. The Balaban J connectivity index is 1.17. The van der Waals surface area contributed by atoms with Crippen molar-refractivity contribution in [1.82, 2.24) is 5.32 Å². The van der Waals surface area contributed by atoms with Crippen LogP contribution in [-0.4, -0.2) is 55.9 Å². The van der Waals surface area contributed by atoms with Gasteiger partial charge in [-0.3, -0.25) is 4.79 Å². The van der Waals surface area contributed by atoms with Crippen molar-refractivity contribution in [2.45, 2.75) is 82.6 Å². The summed E-state index contributed by atoms with van der Waals surface area (Å²) in [6, 6.07) is 32.4. The fourth-order valence-electron chi connectivity index (χ4n) is 6.02. The van der Waals surface area contributed by atoms with Gasteiger partial charge in [-0.1, -0.05) is 108 Å². The standard InChI is InChI=1S/C40H46N4O6/c1-3-23-46-38-36(43-44-41)40(50-29(2)37(38)48-28-32-21-22-33-18-10-11-19-34(33)25-32)47-24-13-12-20-35(42-26-30-14-6-4-7-15-30)39(45)49-27-31-16-8-5-9-17-31/h3-11,14-19,21-22,25,29,35-38,40,42H,1,12-13,20,23-24,26-28H2,2H3/t29-,35?,36-,37+,38-,40?/m0/s1/i3D. The molecule has 0 amide bonds. The number of azide groups is 1. The minimum atomic E-state index is -0.900. The lowest BCUT2D eigenvalue weighted by atomic mass is 9.97. The summed E-state index contributed by atoms with van der Waals surface area (Å²) in [5.41, 5.74) is 12.5. The highest BCUT2D eigenvalue weighted by molar-refractivity contribution is 5.83. The Hall–Kier alpha value is -4.54. The second kappa shape index (κ2) is 19.6. The van der Waals surface area contributed by atoms with Crippen molar-refractivity contribution in [3.63, 3.8) is 0 Å². The van der Waals surface area contributed by atoms with Crippen LogP contribution in [0.1, 0.15) is 44.2 Å². The average Bonchev–Trinajstić information content (AvgIpc) is 3.15. The van der Waals surface area contributed by atoms with E-state index in [1.165, 1.54) is 0 Å². The SMILES string of the molecule is [2H]C(=C)CO[C@@H]1[C@H](OCc2ccc3ccccc3c2)[C@H](C)OC(OCCCCC(NCc2ccccc2)C(=O)OCc2ccccc2)[C@H]1N=[N+]=[N-]. The molecule has 10 nitrogen and oxygen atoms in total. The van der Waals surface area contributed by atoms with E-state index in [0.29, 0.717) is 32.4 Å².